The van der Waals surface area contributed by atoms with Crippen molar-refractivity contribution in [3.8, 4) is 0 Å². The first kappa shape index (κ1) is 15.4. The molecule has 1 aromatic rings. The highest BCUT2D eigenvalue weighted by atomic mass is 79.9. The summed E-state index contributed by atoms with van der Waals surface area (Å²) in [5.41, 5.74) is 5.57. The van der Waals surface area contributed by atoms with Gasteiger partial charge in [0.2, 0.25) is 10.0 Å². The van der Waals surface area contributed by atoms with Crippen molar-refractivity contribution in [3.05, 3.63) is 15.9 Å². The molecule has 1 saturated carbocycles. The Bertz CT molecular complexity index is 473. The summed E-state index contributed by atoms with van der Waals surface area (Å²) in [6.45, 7) is 0.358. The van der Waals surface area contributed by atoms with Gasteiger partial charge in [0.1, 0.15) is 4.21 Å². The van der Waals surface area contributed by atoms with Crippen LogP contribution in [0, 0.1) is 5.92 Å². The fourth-order valence-electron chi connectivity index (χ4n) is 1.53. The second kappa shape index (κ2) is 5.99. The topological polar surface area (TPSA) is 72.2 Å². The third-order valence-electron chi connectivity index (χ3n) is 2.56. The maximum atomic E-state index is 12.0. The summed E-state index contributed by atoms with van der Waals surface area (Å²) in [7, 11) is -3.40. The Hall–Kier alpha value is 0.340. The second-order valence-electron chi connectivity index (χ2n) is 3.86. The summed E-state index contributed by atoms with van der Waals surface area (Å²) in [6, 6.07) is 3.21. The number of sulfonamides is 1. The first-order valence-electron chi connectivity index (χ1n) is 5.00. The Morgan fingerprint density at radius 2 is 2.18 bits per heavy atom. The largest absolute Gasteiger partial charge is 0.329 e. The summed E-state index contributed by atoms with van der Waals surface area (Å²) in [5.74, 6) is 0.420. The van der Waals surface area contributed by atoms with Gasteiger partial charge in [-0.25, -0.2) is 13.1 Å². The summed E-state index contributed by atoms with van der Waals surface area (Å²) in [5, 5.41) is 0. The van der Waals surface area contributed by atoms with Gasteiger partial charge in [-0.15, -0.1) is 23.7 Å². The molecule has 0 spiro atoms. The fourth-order valence-corrected chi connectivity index (χ4v) is 4.88. The van der Waals surface area contributed by atoms with Crippen molar-refractivity contribution in [2.75, 3.05) is 6.54 Å². The number of nitrogens with two attached hydrogens (primary N) is 1. The molecule has 1 aliphatic rings. The van der Waals surface area contributed by atoms with Crippen LogP contribution in [0.25, 0.3) is 0 Å². The minimum Gasteiger partial charge on any atom is -0.329 e. The van der Waals surface area contributed by atoms with Crippen LogP contribution >= 0.6 is 39.7 Å². The molecule has 1 aromatic heterocycles. The predicted octanol–water partition coefficient (Wildman–Crippen LogP) is 1.95. The predicted molar refractivity (Wildman–Crippen MR) is 75.2 cm³/mol. The maximum absolute atomic E-state index is 12.0. The van der Waals surface area contributed by atoms with E-state index >= 15 is 0 Å². The van der Waals surface area contributed by atoms with E-state index in [1.54, 1.807) is 12.1 Å². The number of halogens is 2. The average molecular weight is 362 g/mol. The minimum atomic E-state index is -3.40. The van der Waals surface area contributed by atoms with E-state index in [-0.39, 0.29) is 18.4 Å². The van der Waals surface area contributed by atoms with Gasteiger partial charge in [-0.05, 0) is 46.8 Å². The van der Waals surface area contributed by atoms with Crippen molar-refractivity contribution in [2.24, 2.45) is 11.7 Å². The van der Waals surface area contributed by atoms with Crippen LogP contribution in [0.2, 0.25) is 0 Å². The monoisotopic (exact) mass is 360 g/mol. The molecule has 0 radical (unpaired) electrons. The smallest absolute Gasteiger partial charge is 0.250 e. The van der Waals surface area contributed by atoms with Crippen LogP contribution in [0.4, 0.5) is 0 Å². The molecule has 4 nitrogen and oxygen atoms in total. The Morgan fingerprint density at radius 1 is 1.53 bits per heavy atom. The van der Waals surface area contributed by atoms with E-state index in [4.69, 9.17) is 5.73 Å². The van der Waals surface area contributed by atoms with Crippen molar-refractivity contribution < 1.29 is 8.42 Å². The molecule has 3 N–H and O–H groups in total. The van der Waals surface area contributed by atoms with E-state index in [0.29, 0.717) is 16.7 Å². The molecule has 17 heavy (non-hydrogen) atoms. The van der Waals surface area contributed by atoms with E-state index in [1.165, 1.54) is 11.3 Å². The van der Waals surface area contributed by atoms with Crippen LogP contribution in [0.3, 0.4) is 0 Å². The molecule has 1 aliphatic carbocycles. The zero-order chi connectivity index (χ0) is 11.8. The molecule has 2 rings (SSSR count). The number of hydrogen-bond acceptors (Lipinski definition) is 4. The standard InChI is InChI=1S/C9H13BrN2O2S2.ClH/c10-8-3-4-9(15-8)16(13,14)12-7(5-11)6-1-2-6;/h3-4,6-7,12H,1-2,5,11H2;1H. The molecule has 0 saturated heterocycles. The Balaban J connectivity index is 0.00000144. The third kappa shape index (κ3) is 3.90. The van der Waals surface area contributed by atoms with Gasteiger partial charge in [-0.2, -0.15) is 0 Å². The van der Waals surface area contributed by atoms with Crippen LogP contribution < -0.4 is 10.5 Å². The van der Waals surface area contributed by atoms with Gasteiger partial charge < -0.3 is 5.73 Å². The molecule has 8 heteroatoms. The lowest BCUT2D eigenvalue weighted by Crippen LogP contribution is -2.41. The normalized spacial score (nSPS) is 17.5. The van der Waals surface area contributed by atoms with Gasteiger partial charge in [0.25, 0.3) is 0 Å². The van der Waals surface area contributed by atoms with Crippen LogP contribution in [0.15, 0.2) is 20.1 Å². The molecule has 1 heterocycles. The quantitative estimate of drug-likeness (QED) is 0.842. The minimum absolute atomic E-state index is 0. The lowest BCUT2D eigenvalue weighted by atomic mass is 10.2. The van der Waals surface area contributed by atoms with Gasteiger partial charge in [-0.1, -0.05) is 0 Å². The van der Waals surface area contributed by atoms with Crippen molar-refractivity contribution in [2.45, 2.75) is 23.1 Å². The number of rotatable bonds is 5. The number of hydrogen-bond donors (Lipinski definition) is 2. The van der Waals surface area contributed by atoms with E-state index in [1.807, 2.05) is 0 Å². The zero-order valence-electron chi connectivity index (χ0n) is 8.93. The van der Waals surface area contributed by atoms with Crippen LogP contribution in [-0.4, -0.2) is 21.0 Å². The molecule has 1 atom stereocenters. The van der Waals surface area contributed by atoms with E-state index < -0.39 is 10.0 Å². The van der Waals surface area contributed by atoms with Crippen LogP contribution in [0.5, 0.6) is 0 Å². The first-order chi connectivity index (χ1) is 7.53. The summed E-state index contributed by atoms with van der Waals surface area (Å²) < 4.78 is 27.8. The maximum Gasteiger partial charge on any atom is 0.250 e. The first-order valence-corrected chi connectivity index (χ1v) is 8.10. The average Bonchev–Trinajstić information content (AvgIpc) is 2.97. The molecule has 0 bridgehead atoms. The lowest BCUT2D eigenvalue weighted by Gasteiger charge is -2.15. The molecule has 0 amide bonds. The molecule has 0 aromatic carbocycles. The highest BCUT2D eigenvalue weighted by molar-refractivity contribution is 9.11. The zero-order valence-corrected chi connectivity index (χ0v) is 13.0. The number of thiophene rings is 1. The Morgan fingerprint density at radius 3 is 2.59 bits per heavy atom. The molecule has 1 fully saturated rings. The van der Waals surface area contributed by atoms with Crippen LogP contribution in [-0.2, 0) is 10.0 Å². The molecule has 0 aliphatic heterocycles. The molecule has 1 unspecified atom stereocenters. The lowest BCUT2D eigenvalue weighted by molar-refractivity contribution is 0.520. The third-order valence-corrected chi connectivity index (χ3v) is 6.17. The van der Waals surface area contributed by atoms with Gasteiger partial charge in [0.15, 0.2) is 0 Å². The van der Waals surface area contributed by atoms with E-state index in [9.17, 15) is 8.42 Å². The van der Waals surface area contributed by atoms with E-state index in [2.05, 4.69) is 20.7 Å². The van der Waals surface area contributed by atoms with Gasteiger partial charge in [0.05, 0.1) is 3.79 Å². The Kier molecular flexibility index (Phi) is 5.42. The fraction of sp³-hybridized carbons (Fsp3) is 0.556. The highest BCUT2D eigenvalue weighted by Crippen LogP contribution is 2.33. The van der Waals surface area contributed by atoms with Crippen molar-refractivity contribution in [1.82, 2.24) is 4.72 Å². The van der Waals surface area contributed by atoms with Crippen molar-refractivity contribution >= 4 is 49.7 Å². The summed E-state index contributed by atoms with van der Waals surface area (Å²) in [4.78, 5) is 0. The van der Waals surface area contributed by atoms with Crippen LogP contribution in [0.1, 0.15) is 12.8 Å². The van der Waals surface area contributed by atoms with Crippen molar-refractivity contribution in [1.29, 1.82) is 0 Å². The molecular weight excluding hydrogens is 348 g/mol. The second-order valence-corrected chi connectivity index (χ2v) is 8.26. The SMILES string of the molecule is Cl.NCC(NS(=O)(=O)c1ccc(Br)s1)C1CC1. The van der Waals surface area contributed by atoms with Gasteiger partial charge in [-0.3, -0.25) is 0 Å². The summed E-state index contributed by atoms with van der Waals surface area (Å²) in [6.07, 6.45) is 2.14. The van der Waals surface area contributed by atoms with Gasteiger partial charge in [0, 0.05) is 12.6 Å². The van der Waals surface area contributed by atoms with E-state index in [0.717, 1.165) is 16.6 Å². The molecular formula is C9H14BrClN2O2S2. The summed E-state index contributed by atoms with van der Waals surface area (Å²) >= 11 is 4.46. The van der Waals surface area contributed by atoms with Crippen molar-refractivity contribution in [3.63, 3.8) is 0 Å². The Labute approximate surface area is 120 Å². The molecule has 98 valence electrons. The highest BCUT2D eigenvalue weighted by Gasteiger charge is 2.33. The van der Waals surface area contributed by atoms with Gasteiger partial charge >= 0.3 is 0 Å². The number of nitrogens with one attached hydrogen (secondary N) is 1.